The van der Waals surface area contributed by atoms with Gasteiger partial charge in [-0.1, -0.05) is 26.7 Å². The molecule has 2 aliphatic heterocycles. The van der Waals surface area contributed by atoms with E-state index in [0.29, 0.717) is 12.9 Å². The molecule has 3 fully saturated rings. The number of esters is 2. The first-order valence-corrected chi connectivity index (χ1v) is 8.34. The van der Waals surface area contributed by atoms with Crippen molar-refractivity contribution < 1.29 is 33.7 Å². The summed E-state index contributed by atoms with van der Waals surface area (Å²) in [5.41, 5.74) is -0.615. The third-order valence-electron chi connectivity index (χ3n) is 5.73. The van der Waals surface area contributed by atoms with Crippen LogP contribution in [0.2, 0.25) is 0 Å². The summed E-state index contributed by atoms with van der Waals surface area (Å²) in [5.74, 6) is -2.88. The van der Waals surface area contributed by atoms with E-state index in [-0.39, 0.29) is 22.8 Å². The standard InChI is InChI=1S/C19H22O7/c1-8(2)17(22)25-14-12-10(4)18(23)26-15(12)16(21)19(5,11-7-24-11)13(14)9(3)6-20/h6,11-16,21H,1,3-4,7H2,2,5H3/t11-,12-,13+,14+,15+,16+,19+/m0/s1. The van der Waals surface area contributed by atoms with Gasteiger partial charge in [-0.25, -0.2) is 9.59 Å². The van der Waals surface area contributed by atoms with E-state index in [4.69, 9.17) is 14.2 Å². The first-order chi connectivity index (χ1) is 12.1. The lowest BCUT2D eigenvalue weighted by Gasteiger charge is -2.51. The van der Waals surface area contributed by atoms with Crippen molar-refractivity contribution in [2.75, 3.05) is 6.61 Å². The first-order valence-electron chi connectivity index (χ1n) is 8.34. The largest absolute Gasteiger partial charge is 0.458 e. The van der Waals surface area contributed by atoms with E-state index < -0.39 is 47.5 Å². The average molecular weight is 362 g/mol. The molecule has 140 valence electrons. The molecule has 7 heteroatoms. The molecule has 0 spiro atoms. The average Bonchev–Trinajstić information content (AvgIpc) is 3.39. The Balaban J connectivity index is 2.13. The molecule has 1 N–H and O–H groups in total. The SMILES string of the molecule is C=C(C)C(=O)O[C@@H]1[C@@H]2C(=C)C(=O)O[C@H]2[C@@H](O)[C@](C)([C@@H]2CO2)[C@@H]1C(=C)C=O. The summed E-state index contributed by atoms with van der Waals surface area (Å²) in [6.07, 6.45) is -2.84. The van der Waals surface area contributed by atoms with E-state index in [1.54, 1.807) is 6.92 Å². The van der Waals surface area contributed by atoms with Crippen LogP contribution in [0.3, 0.4) is 0 Å². The zero-order valence-corrected chi connectivity index (χ0v) is 14.8. The zero-order valence-electron chi connectivity index (χ0n) is 14.8. The second kappa shape index (κ2) is 6.17. The summed E-state index contributed by atoms with van der Waals surface area (Å²) < 4.78 is 16.4. The molecule has 3 aliphatic rings. The predicted octanol–water partition coefficient (Wildman–Crippen LogP) is 0.723. The third kappa shape index (κ3) is 2.54. The Morgan fingerprint density at radius 3 is 2.54 bits per heavy atom. The van der Waals surface area contributed by atoms with Crippen LogP contribution in [0.4, 0.5) is 0 Å². The molecule has 0 amide bonds. The van der Waals surface area contributed by atoms with Crippen molar-refractivity contribution in [3.8, 4) is 0 Å². The molecule has 0 radical (unpaired) electrons. The van der Waals surface area contributed by atoms with Gasteiger partial charge >= 0.3 is 11.9 Å². The van der Waals surface area contributed by atoms with Crippen molar-refractivity contribution in [2.24, 2.45) is 17.3 Å². The second-order valence-corrected chi connectivity index (χ2v) is 7.37. The van der Waals surface area contributed by atoms with Gasteiger partial charge in [0.1, 0.15) is 24.6 Å². The topological polar surface area (TPSA) is 102 Å². The highest BCUT2D eigenvalue weighted by Gasteiger charge is 2.68. The van der Waals surface area contributed by atoms with E-state index >= 15 is 0 Å². The number of ether oxygens (including phenoxy) is 3. The van der Waals surface area contributed by atoms with Gasteiger partial charge in [-0.15, -0.1) is 0 Å². The number of epoxide rings is 1. The Kier molecular flexibility index (Phi) is 4.40. The quantitative estimate of drug-likeness (QED) is 0.333. The fraction of sp³-hybridized carbons (Fsp3) is 0.526. The summed E-state index contributed by atoms with van der Waals surface area (Å²) in [6.45, 7) is 14.7. The maximum atomic E-state index is 12.2. The van der Waals surface area contributed by atoms with Crippen LogP contribution >= 0.6 is 0 Å². The first kappa shape index (κ1) is 18.5. The fourth-order valence-electron chi connectivity index (χ4n) is 4.20. The van der Waals surface area contributed by atoms with Crippen molar-refractivity contribution in [1.82, 2.24) is 0 Å². The minimum Gasteiger partial charge on any atom is -0.458 e. The van der Waals surface area contributed by atoms with Gasteiger partial charge in [0.05, 0.1) is 18.6 Å². The molecule has 7 nitrogen and oxygen atoms in total. The van der Waals surface area contributed by atoms with Crippen LogP contribution in [-0.2, 0) is 28.6 Å². The Bertz CT molecular complexity index is 719. The van der Waals surface area contributed by atoms with Crippen molar-refractivity contribution in [1.29, 1.82) is 0 Å². The number of hydrogen-bond acceptors (Lipinski definition) is 7. The van der Waals surface area contributed by atoms with Crippen LogP contribution in [0, 0.1) is 17.3 Å². The van der Waals surface area contributed by atoms with E-state index in [1.807, 2.05) is 0 Å². The number of carbonyl (C=O) groups excluding carboxylic acids is 3. The summed E-state index contributed by atoms with van der Waals surface area (Å²) in [7, 11) is 0. The molecular weight excluding hydrogens is 340 g/mol. The van der Waals surface area contributed by atoms with Gasteiger partial charge in [0.15, 0.2) is 0 Å². The number of hydrogen-bond donors (Lipinski definition) is 1. The monoisotopic (exact) mass is 362 g/mol. The van der Waals surface area contributed by atoms with Crippen LogP contribution in [0.25, 0.3) is 0 Å². The van der Waals surface area contributed by atoms with Gasteiger partial charge in [0, 0.05) is 22.5 Å². The van der Waals surface area contributed by atoms with Gasteiger partial charge in [0.25, 0.3) is 0 Å². The van der Waals surface area contributed by atoms with Gasteiger partial charge in [-0.05, 0) is 12.5 Å². The van der Waals surface area contributed by atoms with E-state index in [2.05, 4.69) is 19.7 Å². The number of aliphatic hydroxyl groups excluding tert-OH is 1. The fourth-order valence-corrected chi connectivity index (χ4v) is 4.20. The molecular formula is C19H22O7. The lowest BCUT2D eigenvalue weighted by atomic mass is 9.56. The lowest BCUT2D eigenvalue weighted by molar-refractivity contribution is -0.195. The number of aliphatic hydroxyl groups is 1. The highest BCUT2D eigenvalue weighted by molar-refractivity contribution is 5.92. The zero-order chi connectivity index (χ0) is 19.4. The molecule has 0 aromatic carbocycles. The molecule has 1 aliphatic carbocycles. The second-order valence-electron chi connectivity index (χ2n) is 7.37. The number of carbonyl (C=O) groups is 3. The van der Waals surface area contributed by atoms with Crippen LogP contribution in [-0.4, -0.2) is 54.4 Å². The number of fused-ring (bicyclic) bond motifs is 1. The summed E-state index contributed by atoms with van der Waals surface area (Å²) in [6, 6.07) is 0. The lowest BCUT2D eigenvalue weighted by Crippen LogP contribution is -2.63. The Morgan fingerprint density at radius 1 is 1.42 bits per heavy atom. The summed E-state index contributed by atoms with van der Waals surface area (Å²) >= 11 is 0. The minimum absolute atomic E-state index is 0.0935. The Labute approximate surface area is 151 Å². The predicted molar refractivity (Wildman–Crippen MR) is 89.8 cm³/mol. The molecule has 0 aromatic heterocycles. The van der Waals surface area contributed by atoms with E-state index in [1.165, 1.54) is 6.92 Å². The maximum Gasteiger partial charge on any atom is 0.334 e. The molecule has 0 aromatic rings. The highest BCUT2D eigenvalue weighted by atomic mass is 16.6. The van der Waals surface area contributed by atoms with Crippen LogP contribution in [0.15, 0.2) is 36.5 Å². The third-order valence-corrected chi connectivity index (χ3v) is 5.73. The molecule has 26 heavy (non-hydrogen) atoms. The van der Waals surface area contributed by atoms with Crippen molar-refractivity contribution in [2.45, 2.75) is 38.3 Å². The molecule has 2 heterocycles. The minimum atomic E-state index is -1.13. The molecule has 2 saturated heterocycles. The van der Waals surface area contributed by atoms with Crippen LogP contribution in [0.1, 0.15) is 13.8 Å². The maximum absolute atomic E-state index is 12.2. The normalized spacial score (nSPS) is 41.0. The molecule has 1 saturated carbocycles. The smallest absolute Gasteiger partial charge is 0.334 e. The molecule has 0 bridgehead atoms. The Hall–Kier alpha value is -2.25. The summed E-state index contributed by atoms with van der Waals surface area (Å²) in [5, 5.41) is 11.0. The van der Waals surface area contributed by atoms with E-state index in [9.17, 15) is 19.5 Å². The highest BCUT2D eigenvalue weighted by Crippen LogP contribution is 2.56. The van der Waals surface area contributed by atoms with Gasteiger partial charge in [-0.2, -0.15) is 0 Å². The van der Waals surface area contributed by atoms with Gasteiger partial charge in [-0.3, -0.25) is 4.79 Å². The van der Waals surface area contributed by atoms with Crippen LogP contribution in [0.5, 0.6) is 0 Å². The number of rotatable bonds is 5. The van der Waals surface area contributed by atoms with Gasteiger partial charge in [0.2, 0.25) is 0 Å². The molecule has 0 unspecified atom stereocenters. The van der Waals surface area contributed by atoms with Crippen molar-refractivity contribution in [3.63, 3.8) is 0 Å². The van der Waals surface area contributed by atoms with Gasteiger partial charge < -0.3 is 19.3 Å². The van der Waals surface area contributed by atoms with Crippen LogP contribution < -0.4 is 0 Å². The van der Waals surface area contributed by atoms with E-state index in [0.717, 1.165) is 0 Å². The molecule has 7 atom stereocenters. The molecule has 3 rings (SSSR count). The summed E-state index contributed by atoms with van der Waals surface area (Å²) in [4.78, 5) is 35.9. The number of aldehydes is 1. The van der Waals surface area contributed by atoms with Crippen molar-refractivity contribution >= 4 is 18.2 Å². The van der Waals surface area contributed by atoms with Crippen molar-refractivity contribution in [3.05, 3.63) is 36.5 Å². The Morgan fingerprint density at radius 2 is 2.04 bits per heavy atom.